The van der Waals surface area contributed by atoms with Gasteiger partial charge in [0.2, 0.25) is 5.91 Å². The van der Waals surface area contributed by atoms with Crippen LogP contribution in [-0.4, -0.2) is 21.7 Å². The molecule has 0 saturated carbocycles. The van der Waals surface area contributed by atoms with Crippen LogP contribution in [0.25, 0.3) is 0 Å². The predicted molar refractivity (Wildman–Crippen MR) is 107 cm³/mol. The first-order valence-corrected chi connectivity index (χ1v) is 11.2. The second-order valence-corrected chi connectivity index (χ2v) is 8.72. The summed E-state index contributed by atoms with van der Waals surface area (Å²) in [6.45, 7) is -0.0806. The Morgan fingerprint density at radius 3 is 2.81 bits per heavy atom. The highest BCUT2D eigenvalue weighted by Gasteiger charge is 2.24. The molecule has 27 heavy (non-hydrogen) atoms. The van der Waals surface area contributed by atoms with Gasteiger partial charge >= 0.3 is 0 Å². The lowest BCUT2D eigenvalue weighted by molar-refractivity contribution is -0.116. The van der Waals surface area contributed by atoms with Crippen LogP contribution >= 0.6 is 23.1 Å². The molecule has 0 aromatic carbocycles. The standard InChI is InChI=1S/C19H20N4O2S2/c1-26-19-21-14-7-4-6-12(14)18(25)23(19)10-16(24)22-17-13(9-20)11-5-2-3-8-15(11)27-17/h2-8,10H2,1H3,(H,22,24). The van der Waals surface area contributed by atoms with E-state index in [1.54, 1.807) is 0 Å². The maximum absolute atomic E-state index is 12.8. The Morgan fingerprint density at radius 1 is 1.26 bits per heavy atom. The Morgan fingerprint density at radius 2 is 2.04 bits per heavy atom. The molecular formula is C19H20N4O2S2. The predicted octanol–water partition coefficient (Wildman–Crippen LogP) is 2.90. The fourth-order valence-electron chi connectivity index (χ4n) is 3.88. The summed E-state index contributed by atoms with van der Waals surface area (Å²) < 4.78 is 1.46. The van der Waals surface area contributed by atoms with Crippen molar-refractivity contribution in [1.82, 2.24) is 9.55 Å². The lowest BCUT2D eigenvalue weighted by atomic mass is 9.96. The summed E-state index contributed by atoms with van der Waals surface area (Å²) in [7, 11) is 0. The number of aromatic nitrogens is 2. The number of anilines is 1. The number of fused-ring (bicyclic) bond motifs is 2. The zero-order valence-corrected chi connectivity index (χ0v) is 16.8. The molecule has 8 heteroatoms. The Labute approximate surface area is 165 Å². The highest BCUT2D eigenvalue weighted by Crippen LogP contribution is 2.37. The van der Waals surface area contributed by atoms with E-state index in [-0.39, 0.29) is 18.0 Å². The minimum absolute atomic E-state index is 0.0806. The first-order valence-electron chi connectivity index (χ1n) is 9.13. The highest BCUT2D eigenvalue weighted by atomic mass is 32.2. The highest BCUT2D eigenvalue weighted by molar-refractivity contribution is 7.98. The molecule has 0 unspecified atom stereocenters. The zero-order chi connectivity index (χ0) is 19.0. The van der Waals surface area contributed by atoms with Gasteiger partial charge in [0.15, 0.2) is 5.16 Å². The van der Waals surface area contributed by atoms with Crippen molar-refractivity contribution >= 4 is 34.0 Å². The number of nitrogens with zero attached hydrogens (tertiary/aromatic N) is 3. The Hall–Kier alpha value is -2.11. The van der Waals surface area contributed by atoms with E-state index < -0.39 is 0 Å². The van der Waals surface area contributed by atoms with Crippen molar-refractivity contribution < 1.29 is 4.79 Å². The molecule has 6 nitrogen and oxygen atoms in total. The van der Waals surface area contributed by atoms with Gasteiger partial charge in [-0.2, -0.15) is 5.26 Å². The van der Waals surface area contributed by atoms with Crippen LogP contribution in [0.5, 0.6) is 0 Å². The first kappa shape index (κ1) is 18.3. The molecule has 2 aromatic rings. The molecule has 0 aliphatic heterocycles. The molecule has 0 atom stereocenters. The summed E-state index contributed by atoms with van der Waals surface area (Å²) in [5.74, 6) is -0.290. The van der Waals surface area contributed by atoms with E-state index in [4.69, 9.17) is 0 Å². The van der Waals surface area contributed by atoms with Crippen LogP contribution in [0.4, 0.5) is 5.00 Å². The molecule has 0 saturated heterocycles. The van der Waals surface area contributed by atoms with Crippen molar-refractivity contribution in [2.75, 3.05) is 11.6 Å². The monoisotopic (exact) mass is 400 g/mol. The summed E-state index contributed by atoms with van der Waals surface area (Å²) in [6.07, 6.45) is 8.43. The van der Waals surface area contributed by atoms with Crippen molar-refractivity contribution in [2.45, 2.75) is 56.6 Å². The quantitative estimate of drug-likeness (QED) is 0.630. The van der Waals surface area contributed by atoms with Crippen LogP contribution in [0.1, 0.15) is 46.5 Å². The van der Waals surface area contributed by atoms with Crippen molar-refractivity contribution in [3.05, 3.63) is 37.6 Å². The third-order valence-electron chi connectivity index (χ3n) is 5.17. The number of carbonyl (C=O) groups is 1. The van der Waals surface area contributed by atoms with Crippen LogP contribution in [0.15, 0.2) is 9.95 Å². The van der Waals surface area contributed by atoms with Crippen LogP contribution in [0.2, 0.25) is 0 Å². The fraction of sp³-hybridized carbons (Fsp3) is 0.474. The average Bonchev–Trinajstić information content (AvgIpc) is 3.27. The second-order valence-electron chi connectivity index (χ2n) is 6.84. The summed E-state index contributed by atoms with van der Waals surface area (Å²) in [6, 6.07) is 2.25. The van der Waals surface area contributed by atoms with Gasteiger partial charge in [-0.05, 0) is 56.8 Å². The van der Waals surface area contributed by atoms with Gasteiger partial charge in [0.25, 0.3) is 5.56 Å². The largest absolute Gasteiger partial charge is 0.315 e. The topological polar surface area (TPSA) is 87.8 Å². The molecule has 0 radical (unpaired) electrons. The minimum atomic E-state index is -0.290. The minimum Gasteiger partial charge on any atom is -0.315 e. The molecule has 1 N–H and O–H groups in total. The summed E-state index contributed by atoms with van der Waals surface area (Å²) >= 11 is 2.87. The lowest BCUT2D eigenvalue weighted by Gasteiger charge is -2.12. The number of rotatable bonds is 4. The van der Waals surface area contributed by atoms with Gasteiger partial charge in [0, 0.05) is 10.4 Å². The third-order valence-corrected chi connectivity index (χ3v) is 7.06. The smallest absolute Gasteiger partial charge is 0.258 e. The fourth-order valence-corrected chi connectivity index (χ4v) is 5.71. The van der Waals surface area contributed by atoms with Crippen LogP contribution in [0.3, 0.4) is 0 Å². The number of nitriles is 1. The first-order chi connectivity index (χ1) is 13.1. The van der Waals surface area contributed by atoms with Gasteiger partial charge < -0.3 is 5.32 Å². The molecular weight excluding hydrogens is 380 g/mol. The number of thioether (sulfide) groups is 1. The zero-order valence-electron chi connectivity index (χ0n) is 15.1. The van der Waals surface area contributed by atoms with Gasteiger partial charge in [0.1, 0.15) is 17.6 Å². The van der Waals surface area contributed by atoms with E-state index >= 15 is 0 Å². The number of amides is 1. The van der Waals surface area contributed by atoms with Gasteiger partial charge in [-0.15, -0.1) is 11.3 Å². The number of hydrogen-bond donors (Lipinski definition) is 1. The summed E-state index contributed by atoms with van der Waals surface area (Å²) in [5, 5.41) is 13.6. The molecule has 0 spiro atoms. The number of nitrogens with one attached hydrogen (secondary N) is 1. The number of thiophene rings is 1. The Balaban J connectivity index is 1.60. The van der Waals surface area contributed by atoms with Crippen molar-refractivity contribution in [3.63, 3.8) is 0 Å². The van der Waals surface area contributed by atoms with Crippen molar-refractivity contribution in [1.29, 1.82) is 5.26 Å². The molecule has 4 rings (SSSR count). The van der Waals surface area contributed by atoms with E-state index in [2.05, 4.69) is 16.4 Å². The lowest BCUT2D eigenvalue weighted by Crippen LogP contribution is -2.31. The van der Waals surface area contributed by atoms with Crippen LogP contribution in [-0.2, 0) is 37.0 Å². The molecule has 2 aliphatic carbocycles. The third kappa shape index (κ3) is 3.30. The van der Waals surface area contributed by atoms with Gasteiger partial charge in [-0.25, -0.2) is 4.98 Å². The van der Waals surface area contributed by atoms with E-state index in [0.29, 0.717) is 15.7 Å². The second kappa shape index (κ2) is 7.49. The molecule has 140 valence electrons. The maximum Gasteiger partial charge on any atom is 0.258 e. The Bertz CT molecular complexity index is 1020. The maximum atomic E-state index is 12.8. The molecule has 1 amide bonds. The molecule has 2 aromatic heterocycles. The van der Waals surface area contributed by atoms with Crippen molar-refractivity contribution in [2.24, 2.45) is 0 Å². The van der Waals surface area contributed by atoms with Gasteiger partial charge in [0.05, 0.1) is 11.3 Å². The number of carbonyl (C=O) groups excluding carboxylic acids is 1. The van der Waals surface area contributed by atoms with Crippen molar-refractivity contribution in [3.8, 4) is 6.07 Å². The van der Waals surface area contributed by atoms with Gasteiger partial charge in [-0.3, -0.25) is 14.2 Å². The van der Waals surface area contributed by atoms with Crippen LogP contribution < -0.4 is 10.9 Å². The van der Waals surface area contributed by atoms with E-state index in [0.717, 1.165) is 61.8 Å². The molecule has 2 heterocycles. The van der Waals surface area contributed by atoms with Crippen LogP contribution in [0, 0.1) is 11.3 Å². The van der Waals surface area contributed by atoms with E-state index in [1.807, 2.05) is 6.26 Å². The normalized spacial score (nSPS) is 15.1. The SMILES string of the molecule is CSc1nc2c(c(=O)n1CC(=O)Nc1sc3c(c1C#N)CCCC3)CCC2. The van der Waals surface area contributed by atoms with E-state index in [9.17, 15) is 14.9 Å². The average molecular weight is 401 g/mol. The summed E-state index contributed by atoms with van der Waals surface area (Å²) in [5.41, 5.74) is 3.18. The van der Waals surface area contributed by atoms with Gasteiger partial charge in [-0.1, -0.05) is 11.8 Å². The molecule has 0 fully saturated rings. The van der Waals surface area contributed by atoms with E-state index in [1.165, 1.54) is 32.5 Å². The number of hydrogen-bond acceptors (Lipinski definition) is 6. The molecule has 2 aliphatic rings. The Kier molecular flexibility index (Phi) is 5.06. The summed E-state index contributed by atoms with van der Waals surface area (Å²) in [4.78, 5) is 31.2. The number of aryl methyl sites for hydroxylation is 2. The molecule has 0 bridgehead atoms.